The molecule has 2 amide bonds. The summed E-state index contributed by atoms with van der Waals surface area (Å²) in [4.78, 5) is 46.3. The zero-order valence-corrected chi connectivity index (χ0v) is 25.2. The number of aliphatic hydroxyl groups excluding tert-OH is 1. The van der Waals surface area contributed by atoms with Gasteiger partial charge in [0.15, 0.2) is 0 Å². The Kier molecular flexibility index (Phi) is 8.07. The molecule has 42 heavy (non-hydrogen) atoms. The fourth-order valence-electron chi connectivity index (χ4n) is 7.67. The molecule has 0 radical (unpaired) electrons. The third-order valence-electron chi connectivity index (χ3n) is 9.68. The zero-order valence-electron chi connectivity index (χ0n) is 25.2. The molecule has 8 heteroatoms. The molecule has 5 rings (SSSR count). The van der Waals surface area contributed by atoms with Gasteiger partial charge in [0, 0.05) is 12.2 Å². The van der Waals surface area contributed by atoms with Gasteiger partial charge in [-0.05, 0) is 69.2 Å². The first-order valence-corrected chi connectivity index (χ1v) is 14.9. The number of carbonyl (C=O) groups is 3. The minimum Gasteiger partial charge on any atom is -0.466 e. The number of benzene rings is 2. The van der Waals surface area contributed by atoms with Crippen LogP contribution in [0.5, 0.6) is 0 Å². The maximum absolute atomic E-state index is 15.0. The van der Waals surface area contributed by atoms with E-state index in [0.29, 0.717) is 12.8 Å². The number of carbonyl (C=O) groups excluding carboxylic acids is 3. The van der Waals surface area contributed by atoms with Crippen molar-refractivity contribution in [1.29, 1.82) is 0 Å². The lowest BCUT2D eigenvalue weighted by atomic mass is 9.62. The highest BCUT2D eigenvalue weighted by Crippen LogP contribution is 2.65. The van der Waals surface area contributed by atoms with Crippen LogP contribution in [-0.4, -0.2) is 70.8 Å². The molecule has 2 bridgehead atoms. The number of ether oxygens (including phenoxy) is 2. The first-order valence-electron chi connectivity index (χ1n) is 14.9. The minimum atomic E-state index is -1.25. The average Bonchev–Trinajstić information content (AvgIpc) is 3.48. The van der Waals surface area contributed by atoms with Crippen LogP contribution in [0.4, 0.5) is 5.69 Å². The molecule has 3 heterocycles. The number of esters is 1. The van der Waals surface area contributed by atoms with Crippen LogP contribution in [0, 0.1) is 31.6 Å². The van der Waals surface area contributed by atoms with Gasteiger partial charge in [0.2, 0.25) is 5.91 Å². The molecule has 1 N–H and O–H groups in total. The predicted molar refractivity (Wildman–Crippen MR) is 160 cm³/mol. The van der Waals surface area contributed by atoms with Crippen molar-refractivity contribution in [2.45, 2.75) is 70.7 Å². The molecule has 0 saturated carbocycles. The van der Waals surface area contributed by atoms with Gasteiger partial charge in [-0.15, -0.1) is 6.58 Å². The van der Waals surface area contributed by atoms with Gasteiger partial charge in [-0.1, -0.05) is 55.5 Å². The van der Waals surface area contributed by atoms with Crippen molar-refractivity contribution in [3.05, 3.63) is 77.9 Å². The summed E-state index contributed by atoms with van der Waals surface area (Å²) in [6.45, 7) is 13.5. The fourth-order valence-corrected chi connectivity index (χ4v) is 7.67. The summed E-state index contributed by atoms with van der Waals surface area (Å²) in [5, 5.41) is 10.7. The molecule has 3 fully saturated rings. The van der Waals surface area contributed by atoms with E-state index in [4.69, 9.17) is 9.47 Å². The molecule has 8 nitrogen and oxygen atoms in total. The molecule has 2 aromatic carbocycles. The third-order valence-corrected chi connectivity index (χ3v) is 9.68. The predicted octanol–water partition coefficient (Wildman–Crippen LogP) is 4.00. The van der Waals surface area contributed by atoms with Gasteiger partial charge in [0.1, 0.15) is 17.6 Å². The normalized spacial score (nSPS) is 30.2. The monoisotopic (exact) mass is 574 g/mol. The standard InChI is InChI=1S/C34H42N2O6/c1-7-16-35(26-17-21(3)14-15-22(26)4)31(39)29-34-19-23(5)33(6,42-34)28(32(40)41-8-2)27(34)30(38)36(29)25(20-37)18-24-12-10-9-11-13-24/h7,9-15,17,23,25,27-29,37H,1,8,16,18-20H2,2-6H3/t23?,25-,27+,28-,29?,33+,34?/m1/s1. The Labute approximate surface area is 248 Å². The van der Waals surface area contributed by atoms with Crippen LogP contribution in [0.25, 0.3) is 0 Å². The van der Waals surface area contributed by atoms with E-state index in [0.717, 1.165) is 22.4 Å². The fraction of sp³-hybridized carbons (Fsp3) is 0.500. The summed E-state index contributed by atoms with van der Waals surface area (Å²) in [5.41, 5.74) is 1.34. The highest BCUT2D eigenvalue weighted by molar-refractivity contribution is 6.05. The van der Waals surface area contributed by atoms with E-state index in [9.17, 15) is 19.5 Å². The molecule has 224 valence electrons. The Morgan fingerprint density at radius 3 is 2.60 bits per heavy atom. The SMILES string of the molecule is C=CCN(C(=O)C1N([C@@H](CO)Cc2ccccc2)C(=O)[C@@H]2[C@H](C(=O)OCC)[C@@]3(C)OC12CC3C)c1cc(C)ccc1C. The maximum Gasteiger partial charge on any atom is 0.312 e. The number of aliphatic hydroxyl groups is 1. The zero-order chi connectivity index (χ0) is 30.4. The maximum atomic E-state index is 15.0. The number of nitrogens with zero attached hydrogens (tertiary/aromatic N) is 2. The summed E-state index contributed by atoms with van der Waals surface area (Å²) >= 11 is 0. The average molecular weight is 575 g/mol. The van der Waals surface area contributed by atoms with Crippen LogP contribution in [0.1, 0.15) is 43.9 Å². The van der Waals surface area contributed by atoms with E-state index in [1.165, 1.54) is 4.90 Å². The van der Waals surface area contributed by atoms with Gasteiger partial charge in [0.25, 0.3) is 5.91 Å². The second-order valence-corrected chi connectivity index (χ2v) is 12.3. The topological polar surface area (TPSA) is 96.4 Å². The van der Waals surface area contributed by atoms with Crippen LogP contribution in [-0.2, 0) is 30.3 Å². The molecule has 7 atom stereocenters. The Morgan fingerprint density at radius 2 is 1.95 bits per heavy atom. The quantitative estimate of drug-likeness (QED) is 0.341. The molecule has 3 aliphatic rings. The van der Waals surface area contributed by atoms with Gasteiger partial charge in [-0.3, -0.25) is 14.4 Å². The number of aryl methyl sites for hydroxylation is 2. The number of fused-ring (bicyclic) bond motifs is 1. The summed E-state index contributed by atoms with van der Waals surface area (Å²) in [6.07, 6.45) is 2.44. The molecule has 0 aromatic heterocycles. The van der Waals surface area contributed by atoms with Crippen molar-refractivity contribution in [3.8, 4) is 0 Å². The Balaban J connectivity index is 1.67. The van der Waals surface area contributed by atoms with Crippen LogP contribution >= 0.6 is 0 Å². The molecule has 1 spiro atoms. The van der Waals surface area contributed by atoms with Gasteiger partial charge >= 0.3 is 5.97 Å². The number of amides is 2. The van der Waals surface area contributed by atoms with E-state index in [2.05, 4.69) is 6.58 Å². The van der Waals surface area contributed by atoms with Crippen molar-refractivity contribution in [2.24, 2.45) is 17.8 Å². The molecule has 2 aromatic rings. The van der Waals surface area contributed by atoms with Crippen molar-refractivity contribution in [3.63, 3.8) is 0 Å². The lowest BCUT2D eigenvalue weighted by Crippen LogP contribution is -2.59. The first-order chi connectivity index (χ1) is 20.0. The van der Waals surface area contributed by atoms with E-state index < -0.39 is 41.1 Å². The number of likely N-dealkylation sites (tertiary alicyclic amines) is 1. The number of rotatable bonds is 10. The van der Waals surface area contributed by atoms with E-state index in [1.54, 1.807) is 17.9 Å². The van der Waals surface area contributed by atoms with Crippen LogP contribution < -0.4 is 4.90 Å². The molecular weight excluding hydrogens is 532 g/mol. The second-order valence-electron chi connectivity index (χ2n) is 12.3. The number of anilines is 1. The highest BCUT2D eigenvalue weighted by Gasteiger charge is 2.80. The van der Waals surface area contributed by atoms with Crippen molar-refractivity contribution < 1.29 is 29.0 Å². The van der Waals surface area contributed by atoms with Crippen LogP contribution in [0.3, 0.4) is 0 Å². The summed E-state index contributed by atoms with van der Waals surface area (Å²) < 4.78 is 12.3. The van der Waals surface area contributed by atoms with Gasteiger partial charge in [0.05, 0.1) is 30.8 Å². The molecule has 3 unspecified atom stereocenters. The molecule has 3 aliphatic heterocycles. The lowest BCUT2D eigenvalue weighted by molar-refractivity contribution is -0.162. The Morgan fingerprint density at radius 1 is 1.24 bits per heavy atom. The summed E-state index contributed by atoms with van der Waals surface area (Å²) in [7, 11) is 0. The van der Waals surface area contributed by atoms with Gasteiger partial charge in [-0.2, -0.15) is 0 Å². The van der Waals surface area contributed by atoms with Crippen molar-refractivity contribution in [1.82, 2.24) is 4.90 Å². The minimum absolute atomic E-state index is 0.110. The van der Waals surface area contributed by atoms with E-state index in [-0.39, 0.29) is 37.5 Å². The first kappa shape index (κ1) is 30.0. The molecular formula is C34H42N2O6. The van der Waals surface area contributed by atoms with Gasteiger partial charge in [-0.25, -0.2) is 0 Å². The number of hydrogen-bond donors (Lipinski definition) is 1. The molecule has 0 aliphatic carbocycles. The lowest BCUT2D eigenvalue weighted by Gasteiger charge is -2.40. The third kappa shape index (κ3) is 4.56. The largest absolute Gasteiger partial charge is 0.466 e. The smallest absolute Gasteiger partial charge is 0.312 e. The summed E-state index contributed by atoms with van der Waals surface area (Å²) in [6, 6.07) is 13.7. The van der Waals surface area contributed by atoms with Crippen LogP contribution in [0.15, 0.2) is 61.2 Å². The van der Waals surface area contributed by atoms with Crippen molar-refractivity contribution in [2.75, 3.05) is 24.7 Å². The highest BCUT2D eigenvalue weighted by atomic mass is 16.6. The van der Waals surface area contributed by atoms with Crippen molar-refractivity contribution >= 4 is 23.5 Å². The Hall–Kier alpha value is -3.49. The number of hydrogen-bond acceptors (Lipinski definition) is 6. The van der Waals surface area contributed by atoms with E-state index >= 15 is 0 Å². The second kappa shape index (κ2) is 11.3. The van der Waals surface area contributed by atoms with E-state index in [1.807, 2.05) is 76.2 Å². The molecule has 3 saturated heterocycles. The van der Waals surface area contributed by atoms with Crippen LogP contribution in [0.2, 0.25) is 0 Å². The summed E-state index contributed by atoms with van der Waals surface area (Å²) in [5.74, 6) is -3.02. The Bertz CT molecular complexity index is 1380. The van der Waals surface area contributed by atoms with Gasteiger partial charge < -0.3 is 24.4 Å².